The van der Waals surface area contributed by atoms with Gasteiger partial charge in [0.05, 0.1) is 5.02 Å². The van der Waals surface area contributed by atoms with Crippen LogP contribution in [0.5, 0.6) is 5.88 Å². The predicted octanol–water partition coefficient (Wildman–Crippen LogP) is 4.65. The fourth-order valence-corrected chi connectivity index (χ4v) is 2.96. The molecule has 0 unspecified atom stereocenters. The Labute approximate surface area is 150 Å². The van der Waals surface area contributed by atoms with Crippen molar-refractivity contribution in [3.63, 3.8) is 0 Å². The van der Waals surface area contributed by atoms with Crippen LogP contribution in [0.15, 0.2) is 12.1 Å². The first kappa shape index (κ1) is 18.3. The van der Waals surface area contributed by atoms with E-state index < -0.39 is 11.7 Å². The molecule has 0 bridgehead atoms. The SMILES string of the molecule is Cn1nc(-c2cc(CC(=O)S)c(Cl)cc2Cl)c(Cl)c1OC(F)F. The first-order valence-electron chi connectivity index (χ1n) is 6.08. The molecule has 0 radical (unpaired) electrons. The smallest absolute Gasteiger partial charge is 0.388 e. The van der Waals surface area contributed by atoms with Crippen molar-refractivity contribution < 1.29 is 18.3 Å². The van der Waals surface area contributed by atoms with E-state index in [1.165, 1.54) is 19.2 Å². The quantitative estimate of drug-likeness (QED) is 0.742. The Kier molecular flexibility index (Phi) is 5.78. The van der Waals surface area contributed by atoms with Crippen molar-refractivity contribution in [3.8, 4) is 17.1 Å². The van der Waals surface area contributed by atoms with E-state index in [2.05, 4.69) is 22.5 Å². The van der Waals surface area contributed by atoms with Gasteiger partial charge in [0.25, 0.3) is 0 Å². The number of benzene rings is 1. The minimum Gasteiger partial charge on any atom is -0.416 e. The van der Waals surface area contributed by atoms with E-state index in [-0.39, 0.29) is 33.1 Å². The van der Waals surface area contributed by atoms with Gasteiger partial charge < -0.3 is 4.74 Å². The minimum absolute atomic E-state index is 0.0308. The molecule has 0 aliphatic heterocycles. The molecule has 1 heterocycles. The van der Waals surface area contributed by atoms with Gasteiger partial charge in [0.1, 0.15) is 10.7 Å². The van der Waals surface area contributed by atoms with E-state index in [1.54, 1.807) is 0 Å². The second-order valence-corrected chi connectivity index (χ2v) is 6.15. The van der Waals surface area contributed by atoms with Crippen molar-refractivity contribution in [2.24, 2.45) is 7.05 Å². The Balaban J connectivity index is 2.56. The molecule has 0 saturated heterocycles. The molecule has 0 fully saturated rings. The summed E-state index contributed by atoms with van der Waals surface area (Å²) in [5.74, 6) is -0.297. The summed E-state index contributed by atoms with van der Waals surface area (Å²) in [6.07, 6.45) is -0.0308. The zero-order valence-electron chi connectivity index (χ0n) is 11.5. The summed E-state index contributed by atoms with van der Waals surface area (Å²) < 4.78 is 30.2. The van der Waals surface area contributed by atoms with Crippen LogP contribution in [0.25, 0.3) is 11.3 Å². The maximum absolute atomic E-state index is 12.4. The van der Waals surface area contributed by atoms with Gasteiger partial charge in [0, 0.05) is 24.1 Å². The number of aryl methyl sites for hydroxylation is 1. The number of hydrogen-bond donors (Lipinski definition) is 1. The molecule has 1 aromatic heterocycles. The topological polar surface area (TPSA) is 44.1 Å². The van der Waals surface area contributed by atoms with E-state index in [0.29, 0.717) is 11.1 Å². The number of thiol groups is 1. The summed E-state index contributed by atoms with van der Waals surface area (Å²) in [6, 6.07) is 2.93. The van der Waals surface area contributed by atoms with Gasteiger partial charge in [0.15, 0.2) is 5.12 Å². The average Bonchev–Trinajstić information content (AvgIpc) is 2.69. The molecule has 2 rings (SSSR count). The van der Waals surface area contributed by atoms with Crippen molar-refractivity contribution in [2.75, 3.05) is 0 Å². The van der Waals surface area contributed by atoms with E-state index in [9.17, 15) is 13.6 Å². The largest absolute Gasteiger partial charge is 0.416 e. The summed E-state index contributed by atoms with van der Waals surface area (Å²) in [5, 5.41) is 4.00. The highest BCUT2D eigenvalue weighted by molar-refractivity contribution is 7.96. The number of hydrogen-bond acceptors (Lipinski definition) is 3. The second kappa shape index (κ2) is 7.25. The summed E-state index contributed by atoms with van der Waals surface area (Å²) in [5.41, 5.74) is 0.939. The predicted molar refractivity (Wildman–Crippen MR) is 88.0 cm³/mol. The van der Waals surface area contributed by atoms with Gasteiger partial charge in [-0.15, -0.1) is 12.6 Å². The van der Waals surface area contributed by atoms with Gasteiger partial charge >= 0.3 is 6.61 Å². The van der Waals surface area contributed by atoms with E-state index in [0.717, 1.165) is 4.68 Å². The molecular weight excluding hydrogens is 393 g/mol. The number of rotatable bonds is 5. The fourth-order valence-electron chi connectivity index (χ4n) is 1.94. The van der Waals surface area contributed by atoms with Crippen LogP contribution < -0.4 is 4.74 Å². The molecular formula is C13H9Cl3F2N2O2S. The van der Waals surface area contributed by atoms with Gasteiger partial charge in [-0.25, -0.2) is 4.68 Å². The molecule has 0 N–H and O–H groups in total. The van der Waals surface area contributed by atoms with Crippen molar-refractivity contribution in [2.45, 2.75) is 13.0 Å². The van der Waals surface area contributed by atoms with E-state index >= 15 is 0 Å². The zero-order valence-corrected chi connectivity index (χ0v) is 14.6. The maximum atomic E-state index is 12.4. The maximum Gasteiger partial charge on any atom is 0.388 e. The molecule has 0 spiro atoms. The highest BCUT2D eigenvalue weighted by atomic mass is 35.5. The summed E-state index contributed by atoms with van der Waals surface area (Å²) >= 11 is 21.9. The highest BCUT2D eigenvalue weighted by Crippen LogP contribution is 2.40. The molecule has 0 amide bonds. The molecule has 0 atom stereocenters. The molecule has 2 aromatic rings. The standard InChI is InChI=1S/C13H9Cl3F2N2O2S/c1-20-12(22-13(17)18)10(16)11(19-20)6-2-5(3-9(21)23)7(14)4-8(6)15/h2,4,13H,3H2,1H3,(H,21,23). The Morgan fingerprint density at radius 1 is 1.35 bits per heavy atom. The second-order valence-electron chi connectivity index (χ2n) is 4.46. The number of carbonyl (C=O) groups excluding carboxylic acids is 1. The Morgan fingerprint density at radius 3 is 2.57 bits per heavy atom. The van der Waals surface area contributed by atoms with Crippen LogP contribution in [0.1, 0.15) is 5.56 Å². The van der Waals surface area contributed by atoms with E-state index in [1.807, 2.05) is 0 Å². The van der Waals surface area contributed by atoms with Crippen molar-refractivity contribution in [1.29, 1.82) is 0 Å². The first-order valence-corrected chi connectivity index (χ1v) is 7.66. The monoisotopic (exact) mass is 400 g/mol. The van der Waals surface area contributed by atoms with Crippen molar-refractivity contribution in [1.82, 2.24) is 9.78 Å². The number of carbonyl (C=O) groups is 1. The number of nitrogens with zero attached hydrogens (tertiary/aromatic N) is 2. The Hall–Kier alpha value is -1.02. The van der Waals surface area contributed by atoms with Crippen LogP contribution in [0, 0.1) is 0 Å². The molecule has 0 aliphatic rings. The molecule has 0 aliphatic carbocycles. The van der Waals surface area contributed by atoms with Crippen molar-refractivity contribution in [3.05, 3.63) is 32.8 Å². The average molecular weight is 402 g/mol. The number of aromatic nitrogens is 2. The fraction of sp³-hybridized carbons (Fsp3) is 0.231. The number of halogens is 5. The first-order chi connectivity index (χ1) is 10.7. The number of ether oxygens (including phenoxy) is 1. The van der Waals surface area contributed by atoms with Crippen LogP contribution in [0.3, 0.4) is 0 Å². The minimum atomic E-state index is -3.05. The summed E-state index contributed by atoms with van der Waals surface area (Å²) in [4.78, 5) is 11.2. The summed E-state index contributed by atoms with van der Waals surface area (Å²) in [6.45, 7) is -3.05. The molecule has 124 valence electrons. The van der Waals surface area contributed by atoms with Crippen LogP contribution in [0.2, 0.25) is 15.1 Å². The lowest BCUT2D eigenvalue weighted by atomic mass is 10.1. The third-order valence-corrected chi connectivity index (χ3v) is 4.04. The molecule has 10 heteroatoms. The lowest BCUT2D eigenvalue weighted by Gasteiger charge is -2.08. The van der Waals surface area contributed by atoms with Crippen molar-refractivity contribution >= 4 is 52.5 Å². The van der Waals surface area contributed by atoms with Crippen LogP contribution in [-0.2, 0) is 18.3 Å². The normalized spacial score (nSPS) is 11.1. The summed E-state index contributed by atoms with van der Waals surface area (Å²) in [7, 11) is 1.40. The highest BCUT2D eigenvalue weighted by Gasteiger charge is 2.22. The van der Waals surface area contributed by atoms with Gasteiger partial charge in [-0.05, 0) is 17.7 Å². The third-order valence-electron chi connectivity index (χ3n) is 2.87. The molecule has 4 nitrogen and oxygen atoms in total. The molecule has 23 heavy (non-hydrogen) atoms. The molecule has 1 aromatic carbocycles. The Bertz CT molecular complexity index is 768. The van der Waals surface area contributed by atoms with Gasteiger partial charge in [-0.1, -0.05) is 34.8 Å². The van der Waals surface area contributed by atoms with Gasteiger partial charge in [-0.2, -0.15) is 13.9 Å². The number of alkyl halides is 2. The van der Waals surface area contributed by atoms with Gasteiger partial charge in [-0.3, -0.25) is 4.79 Å². The third kappa shape index (κ3) is 4.09. The van der Waals surface area contributed by atoms with E-state index in [4.69, 9.17) is 34.8 Å². The lowest BCUT2D eigenvalue weighted by Crippen LogP contribution is -2.06. The Morgan fingerprint density at radius 2 is 2.00 bits per heavy atom. The van der Waals surface area contributed by atoms with Crippen LogP contribution in [0.4, 0.5) is 8.78 Å². The lowest BCUT2D eigenvalue weighted by molar-refractivity contribution is -0.110. The molecule has 0 saturated carbocycles. The van der Waals surface area contributed by atoms with Crippen LogP contribution in [-0.4, -0.2) is 21.5 Å². The zero-order chi connectivity index (χ0) is 17.3. The van der Waals surface area contributed by atoms with Crippen LogP contribution >= 0.6 is 47.4 Å². The van der Waals surface area contributed by atoms with Gasteiger partial charge in [0.2, 0.25) is 5.88 Å².